The molecule has 0 aromatic rings. The molecule has 0 aromatic heterocycles. The van der Waals surface area contributed by atoms with Crippen LogP contribution in [0.1, 0.15) is 47.5 Å². The molecule has 1 fully saturated rings. The molecular weight excluding hydrogens is 212 g/mol. The van der Waals surface area contributed by atoms with E-state index in [0.29, 0.717) is 5.92 Å². The number of likely N-dealkylation sites (N-methyl/N-ethyl adjacent to an activating group) is 1. The van der Waals surface area contributed by atoms with E-state index in [1.54, 1.807) is 0 Å². The van der Waals surface area contributed by atoms with Gasteiger partial charge in [0, 0.05) is 13.1 Å². The highest BCUT2D eigenvalue weighted by atomic mass is 16.2. The minimum Gasteiger partial charge on any atom is -0.341 e. The van der Waals surface area contributed by atoms with Gasteiger partial charge in [0.2, 0.25) is 5.91 Å². The molecule has 17 heavy (non-hydrogen) atoms. The minimum absolute atomic E-state index is 0.0218. The molecular formula is C14H28N2O. The third-order valence-corrected chi connectivity index (χ3v) is 4.15. The van der Waals surface area contributed by atoms with E-state index in [2.05, 4.69) is 39.9 Å². The summed E-state index contributed by atoms with van der Waals surface area (Å²) in [4.78, 5) is 14.3. The number of nitrogens with one attached hydrogen (secondary N) is 1. The number of rotatable bonds is 2. The van der Waals surface area contributed by atoms with Crippen LogP contribution >= 0.6 is 0 Å². The van der Waals surface area contributed by atoms with Gasteiger partial charge in [-0.2, -0.15) is 0 Å². The fraction of sp³-hybridized carbons (Fsp3) is 0.929. The van der Waals surface area contributed by atoms with Crippen LogP contribution in [0, 0.1) is 11.3 Å². The molecule has 0 saturated carbocycles. The summed E-state index contributed by atoms with van der Waals surface area (Å²) in [5.41, 5.74) is 0.130. The standard InChI is InChI=1S/C14H28N2O/c1-10-7-8-15-12(9-10)13(17)16(6)11(2)14(3,4)5/h10-12,15H,7-9H2,1-6H3. The average Bonchev–Trinajstić information content (AvgIpc) is 2.25. The van der Waals surface area contributed by atoms with Crippen LogP contribution < -0.4 is 5.32 Å². The lowest BCUT2D eigenvalue weighted by molar-refractivity contribution is -0.136. The van der Waals surface area contributed by atoms with Crippen molar-refractivity contribution >= 4 is 5.91 Å². The first kappa shape index (κ1) is 14.5. The van der Waals surface area contributed by atoms with Gasteiger partial charge >= 0.3 is 0 Å². The van der Waals surface area contributed by atoms with E-state index in [9.17, 15) is 4.79 Å². The molecule has 1 rings (SSSR count). The number of carbonyl (C=O) groups is 1. The number of piperidine rings is 1. The summed E-state index contributed by atoms with van der Waals surface area (Å²) >= 11 is 0. The average molecular weight is 240 g/mol. The highest BCUT2D eigenvalue weighted by molar-refractivity contribution is 5.82. The maximum Gasteiger partial charge on any atom is 0.239 e. The molecule has 0 bridgehead atoms. The molecule has 0 spiro atoms. The molecule has 3 heteroatoms. The summed E-state index contributed by atoms with van der Waals surface area (Å²) in [6, 6.07) is 0.280. The maximum atomic E-state index is 12.4. The molecule has 1 N–H and O–H groups in total. The zero-order valence-corrected chi connectivity index (χ0v) is 12.2. The van der Waals surface area contributed by atoms with Crippen LogP contribution in [0.4, 0.5) is 0 Å². The van der Waals surface area contributed by atoms with Crippen LogP contribution in [0.5, 0.6) is 0 Å². The summed E-state index contributed by atoms with van der Waals surface area (Å²) < 4.78 is 0. The highest BCUT2D eigenvalue weighted by Gasteiger charge is 2.32. The lowest BCUT2D eigenvalue weighted by Crippen LogP contribution is -2.53. The Hall–Kier alpha value is -0.570. The van der Waals surface area contributed by atoms with Crippen LogP contribution in [0.2, 0.25) is 0 Å². The van der Waals surface area contributed by atoms with Crippen molar-refractivity contribution in [3.05, 3.63) is 0 Å². The van der Waals surface area contributed by atoms with Crippen LogP contribution in [0.3, 0.4) is 0 Å². The molecule has 3 unspecified atom stereocenters. The van der Waals surface area contributed by atoms with Gasteiger partial charge in [-0.1, -0.05) is 27.7 Å². The zero-order valence-electron chi connectivity index (χ0n) is 12.2. The zero-order chi connectivity index (χ0) is 13.2. The summed E-state index contributed by atoms with van der Waals surface area (Å²) in [6.07, 6.45) is 2.16. The van der Waals surface area contributed by atoms with Crippen molar-refractivity contribution in [3.63, 3.8) is 0 Å². The molecule has 1 aliphatic rings. The Labute approximate surface area is 106 Å². The fourth-order valence-corrected chi connectivity index (χ4v) is 2.31. The Kier molecular flexibility index (Phi) is 4.59. The molecule has 1 saturated heterocycles. The van der Waals surface area contributed by atoms with E-state index >= 15 is 0 Å². The third-order valence-electron chi connectivity index (χ3n) is 4.15. The monoisotopic (exact) mass is 240 g/mol. The highest BCUT2D eigenvalue weighted by Crippen LogP contribution is 2.25. The third kappa shape index (κ3) is 3.70. The van der Waals surface area contributed by atoms with Crippen molar-refractivity contribution in [3.8, 4) is 0 Å². The van der Waals surface area contributed by atoms with E-state index in [1.165, 1.54) is 6.42 Å². The van der Waals surface area contributed by atoms with E-state index in [-0.39, 0.29) is 23.4 Å². The molecule has 0 aliphatic carbocycles. The molecule has 1 amide bonds. The Balaban J connectivity index is 2.63. The van der Waals surface area contributed by atoms with Gasteiger partial charge < -0.3 is 10.2 Å². The predicted molar refractivity (Wildman–Crippen MR) is 71.9 cm³/mol. The largest absolute Gasteiger partial charge is 0.341 e. The molecule has 1 aliphatic heterocycles. The van der Waals surface area contributed by atoms with Crippen molar-refractivity contribution in [2.45, 2.75) is 59.5 Å². The topological polar surface area (TPSA) is 32.3 Å². The number of amides is 1. The van der Waals surface area contributed by atoms with Crippen molar-refractivity contribution in [2.75, 3.05) is 13.6 Å². The van der Waals surface area contributed by atoms with Crippen molar-refractivity contribution in [1.29, 1.82) is 0 Å². The summed E-state index contributed by atoms with van der Waals surface area (Å²) in [5.74, 6) is 0.905. The van der Waals surface area contributed by atoms with Gasteiger partial charge in [-0.25, -0.2) is 0 Å². The number of carbonyl (C=O) groups excluding carboxylic acids is 1. The molecule has 3 atom stereocenters. The van der Waals surface area contributed by atoms with E-state index in [1.807, 2.05) is 11.9 Å². The summed E-state index contributed by atoms with van der Waals surface area (Å²) in [5, 5.41) is 3.35. The fourth-order valence-electron chi connectivity index (χ4n) is 2.31. The quantitative estimate of drug-likeness (QED) is 0.803. The second kappa shape index (κ2) is 5.38. The lowest BCUT2D eigenvalue weighted by atomic mass is 9.86. The van der Waals surface area contributed by atoms with E-state index in [4.69, 9.17) is 0 Å². The van der Waals surface area contributed by atoms with E-state index in [0.717, 1.165) is 13.0 Å². The number of hydrogen-bond acceptors (Lipinski definition) is 2. The smallest absolute Gasteiger partial charge is 0.239 e. The maximum absolute atomic E-state index is 12.4. The molecule has 100 valence electrons. The summed E-state index contributed by atoms with van der Waals surface area (Å²) in [7, 11) is 1.93. The lowest BCUT2D eigenvalue weighted by Gasteiger charge is -2.38. The van der Waals surface area contributed by atoms with Gasteiger partial charge in [0.15, 0.2) is 0 Å². The Morgan fingerprint density at radius 2 is 2.00 bits per heavy atom. The molecule has 0 radical (unpaired) electrons. The van der Waals surface area contributed by atoms with Gasteiger partial charge in [-0.05, 0) is 37.6 Å². The van der Waals surface area contributed by atoms with Gasteiger partial charge in [0.05, 0.1) is 6.04 Å². The number of nitrogens with zero attached hydrogens (tertiary/aromatic N) is 1. The molecule has 1 heterocycles. The second-order valence-electron chi connectivity index (χ2n) is 6.63. The summed E-state index contributed by atoms with van der Waals surface area (Å²) in [6.45, 7) is 11.9. The van der Waals surface area contributed by atoms with E-state index < -0.39 is 0 Å². The first-order valence-electron chi connectivity index (χ1n) is 6.73. The normalized spacial score (nSPS) is 27.6. The second-order valence-corrected chi connectivity index (χ2v) is 6.63. The van der Waals surface area contributed by atoms with Crippen molar-refractivity contribution in [2.24, 2.45) is 11.3 Å². The van der Waals surface area contributed by atoms with Gasteiger partial charge in [0.1, 0.15) is 0 Å². The van der Waals surface area contributed by atoms with Crippen molar-refractivity contribution < 1.29 is 4.79 Å². The first-order chi connectivity index (χ1) is 7.73. The minimum atomic E-state index is 0.0218. The van der Waals surface area contributed by atoms with Crippen LogP contribution in [0.15, 0.2) is 0 Å². The van der Waals surface area contributed by atoms with Crippen LogP contribution in [0.25, 0.3) is 0 Å². The Bertz CT molecular complexity index is 270. The first-order valence-corrected chi connectivity index (χ1v) is 6.73. The molecule has 3 nitrogen and oxygen atoms in total. The number of hydrogen-bond donors (Lipinski definition) is 1. The molecule has 0 aromatic carbocycles. The van der Waals surface area contributed by atoms with Gasteiger partial charge in [0.25, 0.3) is 0 Å². The van der Waals surface area contributed by atoms with Crippen LogP contribution in [-0.4, -0.2) is 36.5 Å². The Morgan fingerprint density at radius 3 is 2.47 bits per heavy atom. The Morgan fingerprint density at radius 1 is 1.41 bits per heavy atom. The SMILES string of the molecule is CC1CCNC(C(=O)N(C)C(C)C(C)(C)C)C1. The predicted octanol–water partition coefficient (Wildman–Crippen LogP) is 2.27. The van der Waals surface area contributed by atoms with Gasteiger partial charge in [-0.3, -0.25) is 4.79 Å². The van der Waals surface area contributed by atoms with Crippen LogP contribution in [-0.2, 0) is 4.79 Å². The van der Waals surface area contributed by atoms with Crippen molar-refractivity contribution in [1.82, 2.24) is 10.2 Å². The van der Waals surface area contributed by atoms with Gasteiger partial charge in [-0.15, -0.1) is 0 Å².